The summed E-state index contributed by atoms with van der Waals surface area (Å²) in [4.78, 5) is 28.7. The molecule has 190 valence electrons. The van der Waals surface area contributed by atoms with Crippen molar-refractivity contribution in [3.63, 3.8) is 0 Å². The van der Waals surface area contributed by atoms with Gasteiger partial charge in [0.1, 0.15) is 17.5 Å². The molecular weight excluding hydrogens is 452 g/mol. The van der Waals surface area contributed by atoms with Gasteiger partial charge in [-0.3, -0.25) is 9.59 Å². The number of carbonyl (C=O) groups excluding carboxylic acids is 2. The van der Waals surface area contributed by atoms with Gasteiger partial charge in [-0.25, -0.2) is 0 Å². The predicted molar refractivity (Wildman–Crippen MR) is 142 cm³/mol. The first-order valence-corrected chi connectivity index (χ1v) is 12.4. The Balaban J connectivity index is 1.92. The monoisotopic (exact) mass is 488 g/mol. The second-order valence-corrected chi connectivity index (χ2v) is 8.86. The van der Waals surface area contributed by atoms with Gasteiger partial charge in [0.2, 0.25) is 5.91 Å². The third-order valence-electron chi connectivity index (χ3n) is 6.21. The number of carbonyl (C=O) groups is 2. The zero-order valence-electron chi connectivity index (χ0n) is 21.6. The first-order valence-electron chi connectivity index (χ1n) is 12.4. The van der Waals surface area contributed by atoms with Crippen LogP contribution in [0.1, 0.15) is 35.6 Å². The highest BCUT2D eigenvalue weighted by atomic mass is 16.5. The molecule has 36 heavy (non-hydrogen) atoms. The number of nitrogens with one attached hydrogen (secondary N) is 1. The molecule has 3 rings (SSSR count). The van der Waals surface area contributed by atoms with Gasteiger partial charge in [0.05, 0.1) is 7.11 Å². The molecule has 0 radical (unpaired) electrons. The minimum atomic E-state index is -0.695. The Labute approximate surface area is 214 Å². The van der Waals surface area contributed by atoms with Crippen LogP contribution in [-0.4, -0.2) is 43.0 Å². The number of aryl methyl sites for hydroxylation is 1. The van der Waals surface area contributed by atoms with Crippen molar-refractivity contribution in [2.45, 2.75) is 46.2 Å². The SMILES string of the molecule is CCCNC(=O)[C@H](Cc1ccccc1)N(Cc1cccc(OC)c1)C(=O)COc1cccc(C)c1C. The zero-order valence-corrected chi connectivity index (χ0v) is 21.6. The van der Waals surface area contributed by atoms with Crippen LogP contribution in [0.15, 0.2) is 72.8 Å². The second kappa shape index (κ2) is 13.3. The van der Waals surface area contributed by atoms with Crippen LogP contribution in [0.5, 0.6) is 11.5 Å². The van der Waals surface area contributed by atoms with E-state index >= 15 is 0 Å². The van der Waals surface area contributed by atoms with Gasteiger partial charge in [0.15, 0.2) is 6.61 Å². The lowest BCUT2D eigenvalue weighted by Gasteiger charge is -2.31. The van der Waals surface area contributed by atoms with Crippen molar-refractivity contribution in [1.29, 1.82) is 0 Å². The van der Waals surface area contributed by atoms with Crippen molar-refractivity contribution in [3.05, 3.63) is 95.1 Å². The second-order valence-electron chi connectivity index (χ2n) is 8.86. The van der Waals surface area contributed by atoms with Crippen LogP contribution in [0.2, 0.25) is 0 Å². The summed E-state index contributed by atoms with van der Waals surface area (Å²) in [6.45, 7) is 6.62. The Morgan fingerprint density at radius 2 is 1.67 bits per heavy atom. The number of hydrogen-bond donors (Lipinski definition) is 1. The summed E-state index contributed by atoms with van der Waals surface area (Å²) in [7, 11) is 1.61. The number of hydrogen-bond acceptors (Lipinski definition) is 4. The maximum absolute atomic E-state index is 13.7. The maximum Gasteiger partial charge on any atom is 0.261 e. The van der Waals surface area contributed by atoms with Crippen molar-refractivity contribution in [2.24, 2.45) is 0 Å². The van der Waals surface area contributed by atoms with E-state index in [4.69, 9.17) is 9.47 Å². The van der Waals surface area contributed by atoms with Crippen LogP contribution >= 0.6 is 0 Å². The smallest absolute Gasteiger partial charge is 0.261 e. The fourth-order valence-electron chi connectivity index (χ4n) is 3.99. The molecule has 0 saturated carbocycles. The molecule has 0 bridgehead atoms. The summed E-state index contributed by atoms with van der Waals surface area (Å²) < 4.78 is 11.3. The van der Waals surface area contributed by atoms with Crippen LogP contribution in [0.4, 0.5) is 0 Å². The van der Waals surface area contributed by atoms with Gasteiger partial charge in [-0.2, -0.15) is 0 Å². The number of methoxy groups -OCH3 is 1. The summed E-state index contributed by atoms with van der Waals surface area (Å²) in [6.07, 6.45) is 1.21. The van der Waals surface area contributed by atoms with E-state index in [0.717, 1.165) is 28.7 Å². The van der Waals surface area contributed by atoms with Gasteiger partial charge in [0, 0.05) is 19.5 Å². The lowest BCUT2D eigenvalue weighted by molar-refractivity contribution is -0.142. The summed E-state index contributed by atoms with van der Waals surface area (Å²) >= 11 is 0. The average Bonchev–Trinajstić information content (AvgIpc) is 2.90. The van der Waals surface area contributed by atoms with Crippen LogP contribution in [0, 0.1) is 13.8 Å². The average molecular weight is 489 g/mol. The molecule has 6 heteroatoms. The molecule has 0 fully saturated rings. The van der Waals surface area contributed by atoms with E-state index in [1.54, 1.807) is 12.0 Å². The highest BCUT2D eigenvalue weighted by Gasteiger charge is 2.30. The number of rotatable bonds is 12. The lowest BCUT2D eigenvalue weighted by Crippen LogP contribution is -2.51. The number of benzene rings is 3. The molecule has 0 aliphatic rings. The standard InChI is InChI=1S/C30H36N2O4/c1-5-17-31-30(34)27(19-24-12-7-6-8-13-24)32(20-25-14-10-15-26(18-25)35-4)29(33)21-36-28-16-9-11-22(2)23(28)3/h6-16,18,27H,5,17,19-21H2,1-4H3,(H,31,34)/t27-/m0/s1. The van der Waals surface area contributed by atoms with Gasteiger partial charge >= 0.3 is 0 Å². The molecule has 1 N–H and O–H groups in total. The van der Waals surface area contributed by atoms with Crippen LogP contribution in [0.25, 0.3) is 0 Å². The van der Waals surface area contributed by atoms with Crippen LogP contribution in [0.3, 0.4) is 0 Å². The fraction of sp³-hybridized carbons (Fsp3) is 0.333. The Bertz CT molecular complexity index is 1150. The topological polar surface area (TPSA) is 67.9 Å². The first-order chi connectivity index (χ1) is 17.4. The molecule has 6 nitrogen and oxygen atoms in total. The quantitative estimate of drug-likeness (QED) is 0.396. The molecule has 0 saturated heterocycles. The molecule has 1 atom stereocenters. The Hall–Kier alpha value is -3.80. The van der Waals surface area contributed by atoms with Crippen molar-refractivity contribution < 1.29 is 19.1 Å². The molecule has 2 amide bonds. The van der Waals surface area contributed by atoms with Crippen LogP contribution < -0.4 is 14.8 Å². The third-order valence-corrected chi connectivity index (χ3v) is 6.21. The molecule has 0 spiro atoms. The molecule has 0 aliphatic heterocycles. The minimum Gasteiger partial charge on any atom is -0.497 e. The van der Waals surface area contributed by atoms with Gasteiger partial charge in [-0.15, -0.1) is 0 Å². The van der Waals surface area contributed by atoms with Crippen molar-refractivity contribution in [1.82, 2.24) is 10.2 Å². The van der Waals surface area contributed by atoms with E-state index in [1.165, 1.54) is 0 Å². The molecule has 0 unspecified atom stereocenters. The Morgan fingerprint density at radius 1 is 0.944 bits per heavy atom. The number of amides is 2. The highest BCUT2D eigenvalue weighted by Crippen LogP contribution is 2.22. The Morgan fingerprint density at radius 3 is 2.39 bits per heavy atom. The van der Waals surface area contributed by atoms with Gasteiger partial charge in [-0.05, 0) is 60.7 Å². The summed E-state index contributed by atoms with van der Waals surface area (Å²) in [6, 6.07) is 22.4. The lowest BCUT2D eigenvalue weighted by atomic mass is 10.0. The molecule has 0 heterocycles. The highest BCUT2D eigenvalue weighted by molar-refractivity contribution is 5.88. The largest absolute Gasteiger partial charge is 0.497 e. The van der Waals surface area contributed by atoms with E-state index in [0.29, 0.717) is 24.5 Å². The number of nitrogens with zero attached hydrogens (tertiary/aromatic N) is 1. The van der Waals surface area contributed by atoms with Gasteiger partial charge in [-0.1, -0.05) is 61.5 Å². The van der Waals surface area contributed by atoms with Crippen LogP contribution in [-0.2, 0) is 22.6 Å². The van der Waals surface area contributed by atoms with E-state index in [9.17, 15) is 9.59 Å². The van der Waals surface area contributed by atoms with Gasteiger partial charge in [0.25, 0.3) is 5.91 Å². The van der Waals surface area contributed by atoms with E-state index < -0.39 is 6.04 Å². The van der Waals surface area contributed by atoms with E-state index in [2.05, 4.69) is 5.32 Å². The number of ether oxygens (including phenoxy) is 2. The predicted octanol–water partition coefficient (Wildman–Crippen LogP) is 4.86. The molecule has 0 aliphatic carbocycles. The van der Waals surface area contributed by atoms with Crippen molar-refractivity contribution in [3.8, 4) is 11.5 Å². The Kier molecular flexibility index (Phi) is 9.92. The van der Waals surface area contributed by atoms with Gasteiger partial charge < -0.3 is 19.7 Å². The fourth-order valence-corrected chi connectivity index (χ4v) is 3.99. The molecule has 3 aromatic carbocycles. The van der Waals surface area contributed by atoms with E-state index in [1.807, 2.05) is 93.6 Å². The molecule has 0 aromatic heterocycles. The first kappa shape index (κ1) is 26.8. The summed E-state index contributed by atoms with van der Waals surface area (Å²) in [5.41, 5.74) is 3.93. The van der Waals surface area contributed by atoms with E-state index in [-0.39, 0.29) is 25.0 Å². The molecule has 3 aromatic rings. The van der Waals surface area contributed by atoms with Crippen molar-refractivity contribution >= 4 is 11.8 Å². The zero-order chi connectivity index (χ0) is 25.9. The summed E-state index contributed by atoms with van der Waals surface area (Å²) in [5, 5.41) is 2.99. The minimum absolute atomic E-state index is 0.166. The van der Waals surface area contributed by atoms with Crippen molar-refractivity contribution in [2.75, 3.05) is 20.3 Å². The third kappa shape index (κ3) is 7.35. The summed E-state index contributed by atoms with van der Waals surface area (Å²) in [5.74, 6) is 0.927. The molecular formula is C30H36N2O4. The normalized spacial score (nSPS) is 11.4. The maximum atomic E-state index is 13.7.